The summed E-state index contributed by atoms with van der Waals surface area (Å²) >= 11 is 0. The largest absolute Gasteiger partial charge is 0.461 e. The fourth-order valence-electron chi connectivity index (χ4n) is 3.10. The lowest BCUT2D eigenvalue weighted by Crippen LogP contribution is -2.10. The van der Waals surface area contributed by atoms with Gasteiger partial charge in [-0.1, -0.05) is 62.7 Å². The lowest BCUT2D eigenvalue weighted by molar-refractivity contribution is 0.0516. The normalized spacial score (nSPS) is 9.67. The molecule has 0 bridgehead atoms. The van der Waals surface area contributed by atoms with Crippen LogP contribution in [-0.4, -0.2) is 17.1 Å². The third-order valence-electron chi connectivity index (χ3n) is 4.30. The number of nitrogens with zero attached hydrogens (tertiary/aromatic N) is 3. The van der Waals surface area contributed by atoms with E-state index in [4.69, 9.17) is 4.74 Å². The van der Waals surface area contributed by atoms with Crippen molar-refractivity contribution in [1.82, 2.24) is 4.57 Å². The third-order valence-corrected chi connectivity index (χ3v) is 4.30. The Labute approximate surface area is 177 Å². The molecule has 1 aromatic heterocycles. The number of hydrogen-bond acceptors (Lipinski definition) is 4. The van der Waals surface area contributed by atoms with Crippen LogP contribution < -0.4 is 0 Å². The van der Waals surface area contributed by atoms with Gasteiger partial charge in [0.15, 0.2) is 0 Å². The van der Waals surface area contributed by atoms with E-state index in [0.29, 0.717) is 22.4 Å². The average Bonchev–Trinajstić information content (AvgIpc) is 3.11. The van der Waals surface area contributed by atoms with Gasteiger partial charge in [0.05, 0.1) is 23.8 Å². The van der Waals surface area contributed by atoms with Crippen molar-refractivity contribution in [2.24, 2.45) is 7.05 Å². The first-order chi connectivity index (χ1) is 14.5. The van der Waals surface area contributed by atoms with E-state index in [-0.39, 0.29) is 6.61 Å². The van der Waals surface area contributed by atoms with Gasteiger partial charge in [-0.2, -0.15) is 10.5 Å². The number of esters is 1. The average molecular weight is 399 g/mol. The number of rotatable bonds is 4. The lowest BCUT2D eigenvalue weighted by Gasteiger charge is -2.09. The number of ether oxygens (including phenoxy) is 1. The second-order valence-electron chi connectivity index (χ2n) is 6.65. The SMILES string of the molecule is CCC.CCOC(=O)c1c(-c2ccc(-c3ccccc3C#N)cc2)c(C#N)cn1C. The van der Waals surface area contributed by atoms with Gasteiger partial charge in [-0.3, -0.25) is 0 Å². The van der Waals surface area contributed by atoms with E-state index in [1.807, 2.05) is 42.5 Å². The Morgan fingerprint density at radius 3 is 2.07 bits per heavy atom. The van der Waals surface area contributed by atoms with E-state index < -0.39 is 5.97 Å². The molecule has 2 aromatic carbocycles. The Morgan fingerprint density at radius 2 is 1.50 bits per heavy atom. The van der Waals surface area contributed by atoms with Crippen LogP contribution in [0.3, 0.4) is 0 Å². The van der Waals surface area contributed by atoms with Crippen LogP contribution in [0.4, 0.5) is 0 Å². The van der Waals surface area contributed by atoms with Crippen molar-refractivity contribution in [3.05, 3.63) is 71.5 Å². The molecule has 30 heavy (non-hydrogen) atoms. The zero-order valence-corrected chi connectivity index (χ0v) is 17.8. The van der Waals surface area contributed by atoms with Crippen LogP contribution in [0.15, 0.2) is 54.7 Å². The van der Waals surface area contributed by atoms with Crippen molar-refractivity contribution in [3.8, 4) is 34.4 Å². The van der Waals surface area contributed by atoms with Crippen LogP contribution in [0, 0.1) is 22.7 Å². The summed E-state index contributed by atoms with van der Waals surface area (Å²) < 4.78 is 6.76. The van der Waals surface area contributed by atoms with E-state index in [0.717, 1.165) is 16.7 Å². The van der Waals surface area contributed by atoms with Gasteiger partial charge in [0.1, 0.15) is 11.8 Å². The van der Waals surface area contributed by atoms with Gasteiger partial charge in [-0.05, 0) is 29.7 Å². The standard InChI is InChI=1S/C22H17N3O2.C3H8/c1-3-27-22(26)21-20(18(13-24)14-25(21)2)16-10-8-15(9-11-16)19-7-5-4-6-17(19)12-23;1-3-2/h4-11,14H,3H2,1-2H3;3H2,1-2H3. The van der Waals surface area contributed by atoms with Gasteiger partial charge in [0, 0.05) is 18.8 Å². The molecule has 3 aromatic rings. The Bertz CT molecular complexity index is 1100. The predicted molar refractivity (Wildman–Crippen MR) is 118 cm³/mol. The highest BCUT2D eigenvalue weighted by Gasteiger charge is 2.22. The summed E-state index contributed by atoms with van der Waals surface area (Å²) in [5.74, 6) is -0.463. The van der Waals surface area contributed by atoms with Crippen LogP contribution in [0.25, 0.3) is 22.3 Å². The Morgan fingerprint density at radius 1 is 0.933 bits per heavy atom. The highest BCUT2D eigenvalue weighted by Crippen LogP contribution is 2.32. The molecule has 0 radical (unpaired) electrons. The van der Waals surface area contributed by atoms with Crippen molar-refractivity contribution in [1.29, 1.82) is 10.5 Å². The third kappa shape index (κ3) is 4.77. The summed E-state index contributed by atoms with van der Waals surface area (Å²) in [4.78, 5) is 12.4. The minimum atomic E-state index is -0.463. The number of carbonyl (C=O) groups is 1. The molecule has 0 atom stereocenters. The molecular weight excluding hydrogens is 374 g/mol. The summed E-state index contributed by atoms with van der Waals surface area (Å²) in [6.07, 6.45) is 2.88. The molecule has 0 N–H and O–H groups in total. The maximum atomic E-state index is 12.4. The molecular formula is C25H25N3O2. The highest BCUT2D eigenvalue weighted by molar-refractivity contribution is 5.98. The van der Waals surface area contributed by atoms with Crippen molar-refractivity contribution in [3.63, 3.8) is 0 Å². The van der Waals surface area contributed by atoms with Crippen LogP contribution >= 0.6 is 0 Å². The first-order valence-electron chi connectivity index (χ1n) is 9.88. The van der Waals surface area contributed by atoms with Gasteiger partial charge < -0.3 is 9.30 Å². The van der Waals surface area contributed by atoms with Crippen molar-refractivity contribution in [2.75, 3.05) is 6.61 Å². The van der Waals surface area contributed by atoms with Crippen LogP contribution in [0.5, 0.6) is 0 Å². The van der Waals surface area contributed by atoms with E-state index in [2.05, 4.69) is 26.0 Å². The van der Waals surface area contributed by atoms with E-state index in [1.165, 1.54) is 6.42 Å². The summed E-state index contributed by atoms with van der Waals surface area (Å²) in [7, 11) is 1.72. The number of aromatic nitrogens is 1. The van der Waals surface area contributed by atoms with Crippen molar-refractivity contribution >= 4 is 5.97 Å². The highest BCUT2D eigenvalue weighted by atomic mass is 16.5. The maximum Gasteiger partial charge on any atom is 0.355 e. The number of carbonyl (C=O) groups excluding carboxylic acids is 1. The zero-order valence-electron chi connectivity index (χ0n) is 17.8. The Hall–Kier alpha value is -3.83. The Balaban J connectivity index is 0.00000101. The van der Waals surface area contributed by atoms with Crippen molar-refractivity contribution in [2.45, 2.75) is 27.2 Å². The number of aryl methyl sites for hydroxylation is 1. The molecule has 0 saturated carbocycles. The summed E-state index contributed by atoms with van der Waals surface area (Å²) in [6, 6.07) is 19.2. The molecule has 5 nitrogen and oxygen atoms in total. The topological polar surface area (TPSA) is 78.8 Å². The van der Waals surface area contributed by atoms with E-state index >= 15 is 0 Å². The first-order valence-corrected chi connectivity index (χ1v) is 9.88. The van der Waals surface area contributed by atoms with Crippen LogP contribution in [0.1, 0.15) is 48.8 Å². The smallest absolute Gasteiger partial charge is 0.355 e. The van der Waals surface area contributed by atoms with Gasteiger partial charge in [-0.15, -0.1) is 0 Å². The first kappa shape index (κ1) is 22.5. The molecule has 3 rings (SSSR count). The molecule has 1 heterocycles. The fraction of sp³-hybridized carbons (Fsp3) is 0.240. The van der Waals surface area contributed by atoms with Gasteiger partial charge >= 0.3 is 5.97 Å². The lowest BCUT2D eigenvalue weighted by atomic mass is 9.96. The summed E-state index contributed by atoms with van der Waals surface area (Å²) in [5.41, 5.74) is 4.37. The van der Waals surface area contributed by atoms with E-state index in [9.17, 15) is 15.3 Å². The molecule has 152 valence electrons. The second-order valence-corrected chi connectivity index (χ2v) is 6.65. The Kier molecular flexibility index (Phi) is 7.97. The number of nitriles is 2. The molecule has 0 saturated heterocycles. The number of benzene rings is 2. The quantitative estimate of drug-likeness (QED) is 0.528. The molecule has 0 aliphatic heterocycles. The molecule has 0 aliphatic carbocycles. The second kappa shape index (κ2) is 10.6. The maximum absolute atomic E-state index is 12.4. The molecule has 0 unspecified atom stereocenters. The monoisotopic (exact) mass is 399 g/mol. The number of hydrogen-bond donors (Lipinski definition) is 0. The predicted octanol–water partition coefficient (Wildman–Crippen LogP) is 5.70. The summed E-state index contributed by atoms with van der Waals surface area (Å²) in [5, 5.41) is 18.8. The van der Waals surface area contributed by atoms with Gasteiger partial charge in [0.25, 0.3) is 0 Å². The zero-order chi connectivity index (χ0) is 22.1. The van der Waals surface area contributed by atoms with E-state index in [1.54, 1.807) is 30.8 Å². The van der Waals surface area contributed by atoms with Gasteiger partial charge in [-0.25, -0.2) is 4.79 Å². The van der Waals surface area contributed by atoms with Crippen LogP contribution in [0.2, 0.25) is 0 Å². The molecule has 0 spiro atoms. The summed E-state index contributed by atoms with van der Waals surface area (Å²) in [6.45, 7) is 6.25. The van der Waals surface area contributed by atoms with Crippen molar-refractivity contribution < 1.29 is 9.53 Å². The minimum absolute atomic E-state index is 0.259. The van der Waals surface area contributed by atoms with Crippen LogP contribution in [-0.2, 0) is 11.8 Å². The minimum Gasteiger partial charge on any atom is -0.461 e. The molecule has 5 heteroatoms. The molecule has 0 aliphatic rings. The molecule has 0 fully saturated rings. The van der Waals surface area contributed by atoms with Gasteiger partial charge in [0.2, 0.25) is 0 Å². The fourth-order valence-corrected chi connectivity index (χ4v) is 3.10. The molecule has 0 amide bonds.